The molecule has 0 aliphatic heterocycles. The number of hydrogen-bond donors (Lipinski definition) is 0. The summed E-state index contributed by atoms with van der Waals surface area (Å²) < 4.78 is 2.48. The molecular weight excluding hydrogens is 640 g/mol. The van der Waals surface area contributed by atoms with Gasteiger partial charge in [0.1, 0.15) is 0 Å². The van der Waals surface area contributed by atoms with Gasteiger partial charge in [-0.15, -0.1) is 0 Å². The molecular formula is C37H47Br2Cl. The van der Waals surface area contributed by atoms with Gasteiger partial charge in [0.2, 0.25) is 0 Å². The lowest BCUT2D eigenvalue weighted by Crippen LogP contribution is -2.23. The van der Waals surface area contributed by atoms with E-state index in [4.69, 9.17) is 11.6 Å². The topological polar surface area (TPSA) is 0 Å². The highest BCUT2D eigenvalue weighted by Crippen LogP contribution is 2.51. The molecule has 0 spiro atoms. The Hall–Kier alpha value is -1.09. The molecule has 0 amide bonds. The van der Waals surface area contributed by atoms with Crippen LogP contribution in [0.25, 0.3) is 0 Å². The first-order valence-electron chi connectivity index (χ1n) is 14.8. The van der Waals surface area contributed by atoms with Gasteiger partial charge in [-0.05, 0) is 106 Å². The molecule has 0 radical (unpaired) electrons. The SMILES string of the molecule is CC(C)(C)C1=CC(Br)=C(C2CC(c3cc(C(C)(C)C)ccc3Cl)CC(c3ccc(C(C)(C)C)cc3Br)C2)C=CC1. The molecule has 4 rings (SSSR count). The second-order valence-corrected chi connectivity index (χ2v) is 17.2. The minimum atomic E-state index is 0.0857. The van der Waals surface area contributed by atoms with Crippen molar-refractivity contribution in [3.8, 4) is 0 Å². The first-order valence-corrected chi connectivity index (χ1v) is 16.8. The molecule has 1 fully saturated rings. The Morgan fingerprint density at radius 1 is 0.675 bits per heavy atom. The average Bonchev–Trinajstić information content (AvgIpc) is 3.04. The Labute approximate surface area is 266 Å². The molecule has 3 heteroatoms. The van der Waals surface area contributed by atoms with Crippen molar-refractivity contribution >= 4 is 43.5 Å². The largest absolute Gasteiger partial charge is 0.0840 e. The summed E-state index contributed by atoms with van der Waals surface area (Å²) in [5.74, 6) is 1.27. The van der Waals surface area contributed by atoms with E-state index < -0.39 is 0 Å². The molecule has 3 unspecified atom stereocenters. The molecule has 0 aromatic heterocycles. The molecule has 2 aliphatic carbocycles. The number of rotatable bonds is 3. The van der Waals surface area contributed by atoms with E-state index in [0.29, 0.717) is 17.8 Å². The van der Waals surface area contributed by atoms with Crippen LogP contribution in [0.5, 0.6) is 0 Å². The van der Waals surface area contributed by atoms with E-state index in [1.54, 1.807) is 0 Å². The summed E-state index contributed by atoms with van der Waals surface area (Å²) >= 11 is 15.0. The van der Waals surface area contributed by atoms with Crippen LogP contribution in [0.15, 0.2) is 74.7 Å². The first-order chi connectivity index (χ1) is 18.4. The number of benzene rings is 2. The second kappa shape index (κ2) is 11.9. The highest BCUT2D eigenvalue weighted by molar-refractivity contribution is 9.12. The summed E-state index contributed by atoms with van der Waals surface area (Å²) in [5.41, 5.74) is 8.71. The van der Waals surface area contributed by atoms with Crippen LogP contribution in [0.2, 0.25) is 5.02 Å². The fraction of sp³-hybridized carbons (Fsp3) is 0.514. The molecule has 2 aromatic carbocycles. The van der Waals surface area contributed by atoms with Crippen LogP contribution in [0.1, 0.15) is 122 Å². The number of halogens is 3. The normalized spacial score (nSPS) is 22.8. The quantitative estimate of drug-likeness (QED) is 0.301. The molecule has 0 bridgehead atoms. The molecule has 0 nitrogen and oxygen atoms in total. The zero-order chi connectivity index (χ0) is 29.6. The van der Waals surface area contributed by atoms with Gasteiger partial charge in [-0.2, -0.15) is 0 Å². The van der Waals surface area contributed by atoms with Crippen LogP contribution >= 0.6 is 43.5 Å². The fourth-order valence-electron chi connectivity index (χ4n) is 6.27. The van der Waals surface area contributed by atoms with Crippen molar-refractivity contribution in [3.05, 3.63) is 102 Å². The molecule has 216 valence electrons. The van der Waals surface area contributed by atoms with E-state index in [1.165, 1.54) is 42.4 Å². The van der Waals surface area contributed by atoms with E-state index >= 15 is 0 Å². The third-order valence-electron chi connectivity index (χ3n) is 8.93. The number of allylic oxidation sites excluding steroid dienone is 6. The first kappa shape index (κ1) is 31.8. The van der Waals surface area contributed by atoms with Gasteiger partial charge < -0.3 is 0 Å². The molecule has 3 atom stereocenters. The number of hydrogen-bond acceptors (Lipinski definition) is 0. The van der Waals surface area contributed by atoms with E-state index in [1.807, 2.05) is 0 Å². The maximum absolute atomic E-state index is 6.98. The Morgan fingerprint density at radius 2 is 1.23 bits per heavy atom. The van der Waals surface area contributed by atoms with Crippen molar-refractivity contribution in [3.63, 3.8) is 0 Å². The minimum absolute atomic E-state index is 0.0857. The van der Waals surface area contributed by atoms with Gasteiger partial charge in [-0.25, -0.2) is 0 Å². The third kappa shape index (κ3) is 7.27. The summed E-state index contributed by atoms with van der Waals surface area (Å²) in [6, 6.07) is 13.8. The van der Waals surface area contributed by atoms with Gasteiger partial charge in [0, 0.05) is 14.0 Å². The Balaban J connectivity index is 1.81. The van der Waals surface area contributed by atoms with Crippen LogP contribution in [0, 0.1) is 11.3 Å². The zero-order valence-electron chi connectivity index (χ0n) is 25.9. The van der Waals surface area contributed by atoms with E-state index in [-0.39, 0.29) is 16.2 Å². The van der Waals surface area contributed by atoms with Crippen molar-refractivity contribution < 1.29 is 0 Å². The van der Waals surface area contributed by atoms with Crippen LogP contribution in [-0.4, -0.2) is 0 Å². The monoisotopic (exact) mass is 684 g/mol. The zero-order valence-corrected chi connectivity index (χ0v) is 29.8. The predicted octanol–water partition coefficient (Wildman–Crippen LogP) is 12.9. The molecule has 2 aromatic rings. The maximum Gasteiger partial charge on any atom is 0.0441 e. The van der Waals surface area contributed by atoms with Crippen molar-refractivity contribution in [2.75, 3.05) is 0 Å². The van der Waals surface area contributed by atoms with Crippen LogP contribution in [0.4, 0.5) is 0 Å². The fourth-order valence-corrected chi connectivity index (χ4v) is 7.98. The summed E-state index contributed by atoms with van der Waals surface area (Å²) in [4.78, 5) is 0. The van der Waals surface area contributed by atoms with Crippen LogP contribution in [0.3, 0.4) is 0 Å². The lowest BCUT2D eigenvalue weighted by atomic mass is 9.67. The Morgan fingerprint density at radius 3 is 1.80 bits per heavy atom. The molecule has 2 aliphatic rings. The molecule has 0 saturated heterocycles. The smallest absolute Gasteiger partial charge is 0.0441 e. The van der Waals surface area contributed by atoms with Gasteiger partial charge in [-0.3, -0.25) is 0 Å². The summed E-state index contributed by atoms with van der Waals surface area (Å²) in [6.07, 6.45) is 11.5. The highest BCUT2D eigenvalue weighted by atomic mass is 79.9. The second-order valence-electron chi connectivity index (χ2n) is 15.1. The van der Waals surface area contributed by atoms with Gasteiger partial charge in [0.05, 0.1) is 0 Å². The summed E-state index contributed by atoms with van der Waals surface area (Å²) in [7, 11) is 0. The predicted molar refractivity (Wildman–Crippen MR) is 183 cm³/mol. The summed E-state index contributed by atoms with van der Waals surface area (Å²) in [5, 5.41) is 0.902. The van der Waals surface area contributed by atoms with Crippen molar-refractivity contribution in [1.82, 2.24) is 0 Å². The minimum Gasteiger partial charge on any atom is -0.0840 e. The van der Waals surface area contributed by atoms with Crippen molar-refractivity contribution in [1.29, 1.82) is 0 Å². The molecule has 40 heavy (non-hydrogen) atoms. The van der Waals surface area contributed by atoms with Crippen LogP contribution < -0.4 is 0 Å². The lowest BCUT2D eigenvalue weighted by Gasteiger charge is -2.38. The Bertz CT molecular complexity index is 1340. The summed E-state index contributed by atoms with van der Waals surface area (Å²) in [6.45, 7) is 20.7. The van der Waals surface area contributed by atoms with E-state index in [0.717, 1.165) is 30.7 Å². The van der Waals surface area contributed by atoms with Gasteiger partial charge >= 0.3 is 0 Å². The van der Waals surface area contributed by atoms with Gasteiger partial charge in [0.15, 0.2) is 0 Å². The molecule has 0 heterocycles. The van der Waals surface area contributed by atoms with E-state index in [2.05, 4.69) is 149 Å². The maximum atomic E-state index is 6.98. The molecule has 1 saturated carbocycles. The Kier molecular flexibility index (Phi) is 9.46. The van der Waals surface area contributed by atoms with E-state index in [9.17, 15) is 0 Å². The highest BCUT2D eigenvalue weighted by Gasteiger charge is 2.35. The van der Waals surface area contributed by atoms with Crippen molar-refractivity contribution in [2.45, 2.75) is 111 Å². The third-order valence-corrected chi connectivity index (χ3v) is 10.6. The lowest BCUT2D eigenvalue weighted by molar-refractivity contribution is 0.323. The molecule has 0 N–H and O–H groups in total. The van der Waals surface area contributed by atoms with Gasteiger partial charge in [0.25, 0.3) is 0 Å². The van der Waals surface area contributed by atoms with Crippen molar-refractivity contribution in [2.24, 2.45) is 11.3 Å². The average molecular weight is 687 g/mol. The van der Waals surface area contributed by atoms with Crippen LogP contribution in [-0.2, 0) is 10.8 Å². The standard InChI is InChI=1S/C37H47Br2Cl/c1-35(2,3)26-11-10-12-29(32(38)21-26)23-17-24(30-15-13-28(22-33(30)39)37(7,8)9)19-25(18-23)31-20-27(36(4,5)6)14-16-34(31)40/h10,12-16,20-25H,11,17-19H2,1-9H3. The van der Waals surface area contributed by atoms with Gasteiger partial charge in [-0.1, -0.05) is 148 Å².